The van der Waals surface area contributed by atoms with Crippen molar-refractivity contribution in [1.82, 2.24) is 0 Å². The zero-order valence-corrected chi connectivity index (χ0v) is 13.2. The summed E-state index contributed by atoms with van der Waals surface area (Å²) < 4.78 is 6.01. The maximum absolute atomic E-state index is 6.01. The van der Waals surface area contributed by atoms with Crippen molar-refractivity contribution in [2.75, 3.05) is 18.5 Å². The third-order valence-corrected chi connectivity index (χ3v) is 5.23. The number of alkyl halides is 1. The van der Waals surface area contributed by atoms with Crippen LogP contribution in [0.5, 0.6) is 0 Å². The first-order valence-corrected chi connectivity index (χ1v) is 8.48. The summed E-state index contributed by atoms with van der Waals surface area (Å²) in [6, 6.07) is 0. The van der Waals surface area contributed by atoms with E-state index < -0.39 is 0 Å². The van der Waals surface area contributed by atoms with Crippen molar-refractivity contribution < 1.29 is 4.74 Å². The Labute approximate surface area is 116 Å². The van der Waals surface area contributed by atoms with Crippen LogP contribution in [0.4, 0.5) is 0 Å². The second-order valence-corrected chi connectivity index (χ2v) is 6.52. The van der Waals surface area contributed by atoms with Gasteiger partial charge in [-0.1, -0.05) is 61.9 Å². The fourth-order valence-corrected chi connectivity index (χ4v) is 3.57. The van der Waals surface area contributed by atoms with Gasteiger partial charge in [-0.2, -0.15) is 0 Å². The van der Waals surface area contributed by atoms with E-state index in [2.05, 4.69) is 29.8 Å². The lowest BCUT2D eigenvalue weighted by molar-refractivity contribution is 0.0295. The number of rotatable bonds is 7. The van der Waals surface area contributed by atoms with Gasteiger partial charge in [0, 0.05) is 17.4 Å². The van der Waals surface area contributed by atoms with Crippen molar-refractivity contribution in [3.05, 3.63) is 0 Å². The van der Waals surface area contributed by atoms with Gasteiger partial charge in [-0.15, -0.1) is 0 Å². The first kappa shape index (κ1) is 15.5. The Morgan fingerprint density at radius 3 is 2.35 bits per heavy atom. The molecule has 102 valence electrons. The molecule has 0 bridgehead atoms. The Balaban J connectivity index is 2.29. The van der Waals surface area contributed by atoms with Crippen molar-refractivity contribution >= 4 is 15.9 Å². The van der Waals surface area contributed by atoms with Crippen molar-refractivity contribution in [2.45, 2.75) is 65.2 Å². The van der Waals surface area contributed by atoms with Gasteiger partial charge < -0.3 is 4.74 Å². The molecule has 1 atom stereocenters. The number of ether oxygens (including phenoxy) is 1. The second-order valence-electron chi connectivity index (χ2n) is 5.96. The highest BCUT2D eigenvalue weighted by Crippen LogP contribution is 2.37. The lowest BCUT2D eigenvalue weighted by Gasteiger charge is -2.31. The molecule has 1 aliphatic rings. The van der Waals surface area contributed by atoms with E-state index in [9.17, 15) is 0 Å². The normalized spacial score (nSPS) is 22.1. The third kappa shape index (κ3) is 5.74. The summed E-state index contributed by atoms with van der Waals surface area (Å²) in [6.07, 6.45) is 10.9. The van der Waals surface area contributed by atoms with Gasteiger partial charge in [0.05, 0.1) is 6.61 Å². The standard InChI is InChI=1S/C15H29BrO/c1-3-8-14(2)11-17-13-15(12-16)9-6-4-5-7-10-15/h14H,3-13H2,1-2H3. The Morgan fingerprint density at radius 1 is 1.18 bits per heavy atom. The van der Waals surface area contributed by atoms with Gasteiger partial charge in [-0.3, -0.25) is 0 Å². The van der Waals surface area contributed by atoms with E-state index in [1.807, 2.05) is 0 Å². The fraction of sp³-hybridized carbons (Fsp3) is 1.00. The van der Waals surface area contributed by atoms with E-state index in [-0.39, 0.29) is 0 Å². The van der Waals surface area contributed by atoms with Crippen molar-refractivity contribution in [3.63, 3.8) is 0 Å². The predicted molar refractivity (Wildman–Crippen MR) is 78.8 cm³/mol. The molecule has 0 aliphatic heterocycles. The van der Waals surface area contributed by atoms with Gasteiger partial charge in [0.25, 0.3) is 0 Å². The van der Waals surface area contributed by atoms with Crippen LogP contribution < -0.4 is 0 Å². The molecule has 0 heterocycles. The lowest BCUT2D eigenvalue weighted by Crippen LogP contribution is -2.29. The molecular weight excluding hydrogens is 276 g/mol. The van der Waals surface area contributed by atoms with Crippen LogP contribution in [0.1, 0.15) is 65.2 Å². The highest BCUT2D eigenvalue weighted by molar-refractivity contribution is 9.09. The van der Waals surface area contributed by atoms with Crippen molar-refractivity contribution in [2.24, 2.45) is 11.3 Å². The maximum atomic E-state index is 6.01. The molecule has 1 rings (SSSR count). The van der Waals surface area contributed by atoms with Crippen molar-refractivity contribution in [3.8, 4) is 0 Å². The van der Waals surface area contributed by atoms with Gasteiger partial charge in [-0.05, 0) is 25.2 Å². The fourth-order valence-electron chi connectivity index (χ4n) is 2.85. The van der Waals surface area contributed by atoms with Gasteiger partial charge in [0.15, 0.2) is 0 Å². The average Bonchev–Trinajstić information content (AvgIpc) is 2.56. The number of hydrogen-bond acceptors (Lipinski definition) is 1. The summed E-state index contributed by atoms with van der Waals surface area (Å²) in [5.74, 6) is 0.721. The molecule has 1 fully saturated rings. The van der Waals surface area contributed by atoms with Gasteiger partial charge in [0.1, 0.15) is 0 Å². The quantitative estimate of drug-likeness (QED) is 0.465. The minimum absolute atomic E-state index is 0.433. The Morgan fingerprint density at radius 2 is 1.82 bits per heavy atom. The first-order valence-electron chi connectivity index (χ1n) is 7.36. The summed E-state index contributed by atoms with van der Waals surface area (Å²) in [5.41, 5.74) is 0.433. The largest absolute Gasteiger partial charge is 0.381 e. The van der Waals surface area contributed by atoms with Crippen LogP contribution in [0, 0.1) is 11.3 Å². The molecule has 1 aliphatic carbocycles. The number of halogens is 1. The Hall–Kier alpha value is 0.440. The van der Waals surface area contributed by atoms with Crippen LogP contribution >= 0.6 is 15.9 Å². The molecule has 0 saturated heterocycles. The Bertz CT molecular complexity index is 185. The van der Waals surface area contributed by atoms with Crippen LogP contribution in [0.3, 0.4) is 0 Å². The molecule has 17 heavy (non-hydrogen) atoms. The molecule has 0 aromatic heterocycles. The molecule has 1 saturated carbocycles. The predicted octanol–water partition coefficient (Wildman–Crippen LogP) is 5.17. The molecular formula is C15H29BrO. The van der Waals surface area contributed by atoms with Gasteiger partial charge >= 0.3 is 0 Å². The molecule has 1 nitrogen and oxygen atoms in total. The summed E-state index contributed by atoms with van der Waals surface area (Å²) in [6.45, 7) is 6.47. The summed E-state index contributed by atoms with van der Waals surface area (Å²) in [4.78, 5) is 0. The monoisotopic (exact) mass is 304 g/mol. The van der Waals surface area contributed by atoms with E-state index in [1.165, 1.54) is 51.4 Å². The van der Waals surface area contributed by atoms with Crippen LogP contribution in [-0.2, 0) is 4.74 Å². The third-order valence-electron chi connectivity index (χ3n) is 4.04. The van der Waals surface area contributed by atoms with Crippen LogP contribution in [0.2, 0.25) is 0 Å². The highest BCUT2D eigenvalue weighted by Gasteiger charge is 2.30. The summed E-state index contributed by atoms with van der Waals surface area (Å²) in [7, 11) is 0. The minimum atomic E-state index is 0.433. The second kappa shape index (κ2) is 8.53. The van der Waals surface area contributed by atoms with Gasteiger partial charge in [0.2, 0.25) is 0 Å². The lowest BCUT2D eigenvalue weighted by atomic mass is 9.83. The van der Waals surface area contributed by atoms with E-state index in [1.54, 1.807) is 0 Å². The zero-order valence-electron chi connectivity index (χ0n) is 11.6. The first-order chi connectivity index (χ1) is 8.22. The number of hydrogen-bond donors (Lipinski definition) is 0. The summed E-state index contributed by atoms with van der Waals surface area (Å²) >= 11 is 3.72. The molecule has 2 heteroatoms. The summed E-state index contributed by atoms with van der Waals surface area (Å²) in [5, 5.41) is 1.11. The van der Waals surface area contributed by atoms with E-state index in [0.717, 1.165) is 24.5 Å². The maximum Gasteiger partial charge on any atom is 0.0530 e. The molecule has 1 unspecified atom stereocenters. The van der Waals surface area contributed by atoms with E-state index in [4.69, 9.17) is 4.74 Å². The zero-order chi connectivity index (χ0) is 12.6. The molecule has 0 amide bonds. The van der Waals surface area contributed by atoms with Crippen molar-refractivity contribution in [1.29, 1.82) is 0 Å². The van der Waals surface area contributed by atoms with E-state index in [0.29, 0.717) is 5.41 Å². The average molecular weight is 305 g/mol. The molecule has 0 aromatic carbocycles. The topological polar surface area (TPSA) is 9.23 Å². The molecule has 0 N–H and O–H groups in total. The van der Waals surface area contributed by atoms with Crippen LogP contribution in [-0.4, -0.2) is 18.5 Å². The Kier molecular flexibility index (Phi) is 7.77. The SMILES string of the molecule is CCCC(C)COCC1(CBr)CCCCCC1. The smallest absolute Gasteiger partial charge is 0.0530 e. The van der Waals surface area contributed by atoms with Crippen LogP contribution in [0.25, 0.3) is 0 Å². The van der Waals surface area contributed by atoms with Gasteiger partial charge in [-0.25, -0.2) is 0 Å². The van der Waals surface area contributed by atoms with Crippen LogP contribution in [0.15, 0.2) is 0 Å². The highest BCUT2D eigenvalue weighted by atomic mass is 79.9. The van der Waals surface area contributed by atoms with E-state index >= 15 is 0 Å². The molecule has 0 spiro atoms. The molecule has 0 aromatic rings. The minimum Gasteiger partial charge on any atom is -0.381 e. The molecule has 0 radical (unpaired) electrons.